The van der Waals surface area contributed by atoms with E-state index in [2.05, 4.69) is 0 Å². The molecule has 100 valence electrons. The van der Waals surface area contributed by atoms with Gasteiger partial charge in [-0.15, -0.1) is 11.6 Å². The quantitative estimate of drug-likeness (QED) is 0.675. The van der Waals surface area contributed by atoms with Crippen molar-refractivity contribution in [1.29, 1.82) is 0 Å². The smallest absolute Gasteiger partial charge is 0.137 e. The number of alkyl halides is 1. The molecular weight excluding hydrogens is 303 g/mol. The molecule has 4 heteroatoms. The summed E-state index contributed by atoms with van der Waals surface area (Å²) < 4.78 is 5.12. The summed E-state index contributed by atoms with van der Waals surface area (Å²) in [5.74, 6) is 0.645. The van der Waals surface area contributed by atoms with Crippen molar-refractivity contribution in [2.75, 3.05) is 7.11 Å². The maximum atomic E-state index is 6.42. The summed E-state index contributed by atoms with van der Waals surface area (Å²) in [7, 11) is 1.59. The van der Waals surface area contributed by atoms with Crippen LogP contribution in [0.2, 0.25) is 10.0 Å². The van der Waals surface area contributed by atoms with Crippen molar-refractivity contribution in [3.63, 3.8) is 0 Å². The van der Waals surface area contributed by atoms with E-state index in [1.54, 1.807) is 7.11 Å². The zero-order valence-electron chi connectivity index (χ0n) is 10.4. The van der Waals surface area contributed by atoms with E-state index < -0.39 is 0 Å². The number of halogens is 3. The van der Waals surface area contributed by atoms with Gasteiger partial charge in [-0.2, -0.15) is 0 Å². The Balaban J connectivity index is 2.18. The van der Waals surface area contributed by atoms with Crippen LogP contribution in [0.1, 0.15) is 16.5 Å². The molecule has 2 aromatic rings. The lowest BCUT2D eigenvalue weighted by molar-refractivity contribution is 0.415. The number of hydrogen-bond acceptors (Lipinski definition) is 1. The molecule has 1 atom stereocenters. The Morgan fingerprint density at radius 1 is 1.05 bits per heavy atom. The highest BCUT2D eigenvalue weighted by molar-refractivity contribution is 6.32. The maximum absolute atomic E-state index is 6.42. The van der Waals surface area contributed by atoms with Crippen molar-refractivity contribution in [2.45, 2.75) is 11.8 Å². The van der Waals surface area contributed by atoms with Crippen LogP contribution in [0.4, 0.5) is 0 Å². The summed E-state index contributed by atoms with van der Waals surface area (Å²) in [5.41, 5.74) is 1.98. The molecule has 0 aromatic heterocycles. The fourth-order valence-corrected chi connectivity index (χ4v) is 2.63. The van der Waals surface area contributed by atoms with E-state index in [9.17, 15) is 0 Å². The second-order valence-corrected chi connectivity index (χ2v) is 5.50. The number of hydrogen-bond donors (Lipinski definition) is 0. The van der Waals surface area contributed by atoms with Crippen LogP contribution in [-0.2, 0) is 6.42 Å². The Morgan fingerprint density at radius 3 is 2.42 bits per heavy atom. The van der Waals surface area contributed by atoms with Crippen LogP contribution in [0.5, 0.6) is 5.75 Å². The van der Waals surface area contributed by atoms with Gasteiger partial charge in [0.25, 0.3) is 0 Å². The molecule has 0 aliphatic carbocycles. The highest BCUT2D eigenvalue weighted by atomic mass is 35.5. The number of methoxy groups -OCH3 is 1. The number of ether oxygens (including phenoxy) is 1. The predicted octanol–water partition coefficient (Wildman–Crippen LogP) is 5.52. The fraction of sp³-hybridized carbons (Fsp3) is 0.200. The molecule has 0 bridgehead atoms. The van der Waals surface area contributed by atoms with Gasteiger partial charge in [0.05, 0.1) is 17.5 Å². The topological polar surface area (TPSA) is 9.23 Å². The van der Waals surface area contributed by atoms with Crippen LogP contribution in [0.25, 0.3) is 0 Å². The minimum absolute atomic E-state index is 0.177. The van der Waals surface area contributed by atoms with Crippen LogP contribution in [0, 0.1) is 0 Å². The summed E-state index contributed by atoms with van der Waals surface area (Å²) in [6, 6.07) is 13.3. The first-order chi connectivity index (χ1) is 9.11. The molecule has 0 spiro atoms. The molecule has 0 amide bonds. The van der Waals surface area contributed by atoms with Gasteiger partial charge in [-0.25, -0.2) is 0 Å². The van der Waals surface area contributed by atoms with Crippen LogP contribution in [-0.4, -0.2) is 7.11 Å². The summed E-state index contributed by atoms with van der Waals surface area (Å²) in [6.07, 6.45) is 0.657. The molecule has 0 N–H and O–H groups in total. The minimum Gasteiger partial charge on any atom is -0.495 e. The third kappa shape index (κ3) is 3.56. The molecule has 0 saturated heterocycles. The van der Waals surface area contributed by atoms with Crippen molar-refractivity contribution in [1.82, 2.24) is 0 Å². The van der Waals surface area contributed by atoms with E-state index in [-0.39, 0.29) is 5.38 Å². The molecule has 0 fully saturated rings. The zero-order valence-corrected chi connectivity index (χ0v) is 12.6. The van der Waals surface area contributed by atoms with E-state index in [4.69, 9.17) is 39.5 Å². The molecule has 0 heterocycles. The summed E-state index contributed by atoms with van der Waals surface area (Å²) >= 11 is 18.7. The van der Waals surface area contributed by atoms with Crippen LogP contribution >= 0.6 is 34.8 Å². The van der Waals surface area contributed by atoms with Gasteiger partial charge in [-0.1, -0.05) is 47.5 Å². The van der Waals surface area contributed by atoms with E-state index in [1.807, 2.05) is 42.5 Å². The second kappa shape index (κ2) is 6.51. The highest BCUT2D eigenvalue weighted by Crippen LogP contribution is 2.33. The number of rotatable bonds is 4. The molecule has 1 nitrogen and oxygen atoms in total. The van der Waals surface area contributed by atoms with Crippen molar-refractivity contribution in [2.24, 2.45) is 0 Å². The largest absolute Gasteiger partial charge is 0.495 e. The monoisotopic (exact) mass is 314 g/mol. The maximum Gasteiger partial charge on any atom is 0.137 e. The van der Waals surface area contributed by atoms with Crippen molar-refractivity contribution >= 4 is 34.8 Å². The van der Waals surface area contributed by atoms with Gasteiger partial charge in [-0.05, 0) is 35.7 Å². The molecule has 19 heavy (non-hydrogen) atoms. The first kappa shape index (κ1) is 14.5. The van der Waals surface area contributed by atoms with Crippen LogP contribution in [0.15, 0.2) is 42.5 Å². The summed E-state index contributed by atoms with van der Waals surface area (Å²) in [6.45, 7) is 0. The Labute approximate surface area is 128 Å². The summed E-state index contributed by atoms with van der Waals surface area (Å²) in [5, 5.41) is 1.11. The normalized spacial score (nSPS) is 12.2. The average Bonchev–Trinajstić information content (AvgIpc) is 2.41. The average molecular weight is 316 g/mol. The third-order valence-corrected chi connectivity index (χ3v) is 3.96. The van der Waals surface area contributed by atoms with Crippen LogP contribution < -0.4 is 4.74 Å². The summed E-state index contributed by atoms with van der Waals surface area (Å²) in [4.78, 5) is 0. The lowest BCUT2D eigenvalue weighted by atomic mass is 10.0. The molecule has 1 unspecified atom stereocenters. The third-order valence-electron chi connectivity index (χ3n) is 2.89. The van der Waals surface area contributed by atoms with Gasteiger partial charge >= 0.3 is 0 Å². The SMILES string of the molecule is COc1ccc(C(Cl)Cc2ccccc2Cl)cc1Cl. The van der Waals surface area contributed by atoms with E-state index in [0.717, 1.165) is 16.1 Å². The van der Waals surface area contributed by atoms with Crippen LogP contribution in [0.3, 0.4) is 0 Å². The van der Waals surface area contributed by atoms with E-state index in [0.29, 0.717) is 17.2 Å². The minimum atomic E-state index is -0.177. The molecule has 0 aliphatic rings. The number of benzene rings is 2. The Hall–Kier alpha value is -0.890. The molecule has 2 aromatic carbocycles. The van der Waals surface area contributed by atoms with Gasteiger partial charge in [0, 0.05) is 5.02 Å². The molecular formula is C15H13Cl3O. The molecule has 0 aliphatic heterocycles. The molecule has 2 rings (SSSR count). The molecule has 0 radical (unpaired) electrons. The standard InChI is InChI=1S/C15H13Cl3O/c1-19-15-7-6-11(9-14(15)18)13(17)8-10-4-2-3-5-12(10)16/h2-7,9,13H,8H2,1H3. The van der Waals surface area contributed by atoms with E-state index >= 15 is 0 Å². The van der Waals surface area contributed by atoms with Gasteiger partial charge in [0.1, 0.15) is 5.75 Å². The Bertz CT molecular complexity index is 569. The second-order valence-electron chi connectivity index (χ2n) is 4.16. The van der Waals surface area contributed by atoms with Gasteiger partial charge in [-0.3, -0.25) is 0 Å². The highest BCUT2D eigenvalue weighted by Gasteiger charge is 2.13. The van der Waals surface area contributed by atoms with Crippen molar-refractivity contribution in [3.8, 4) is 5.75 Å². The lowest BCUT2D eigenvalue weighted by Gasteiger charge is -2.12. The lowest BCUT2D eigenvalue weighted by Crippen LogP contribution is -1.97. The van der Waals surface area contributed by atoms with Crippen molar-refractivity contribution < 1.29 is 4.74 Å². The first-order valence-electron chi connectivity index (χ1n) is 5.82. The van der Waals surface area contributed by atoms with E-state index in [1.165, 1.54) is 0 Å². The van der Waals surface area contributed by atoms with Gasteiger partial charge in [0.15, 0.2) is 0 Å². The first-order valence-corrected chi connectivity index (χ1v) is 7.02. The predicted molar refractivity (Wildman–Crippen MR) is 81.8 cm³/mol. The zero-order chi connectivity index (χ0) is 13.8. The van der Waals surface area contributed by atoms with Gasteiger partial charge < -0.3 is 4.74 Å². The van der Waals surface area contributed by atoms with Gasteiger partial charge in [0.2, 0.25) is 0 Å². The molecule has 0 saturated carbocycles. The Morgan fingerprint density at radius 2 is 1.79 bits per heavy atom. The fourth-order valence-electron chi connectivity index (χ4n) is 1.85. The Kier molecular flexibility index (Phi) is 4.98. The van der Waals surface area contributed by atoms with Crippen molar-refractivity contribution in [3.05, 3.63) is 63.6 Å².